The maximum atomic E-state index is 12.6. The van der Waals surface area contributed by atoms with Crippen molar-refractivity contribution in [2.45, 2.75) is 24.8 Å². The van der Waals surface area contributed by atoms with Gasteiger partial charge in [-0.05, 0) is 48.9 Å². The fourth-order valence-corrected chi connectivity index (χ4v) is 4.44. The van der Waals surface area contributed by atoms with Gasteiger partial charge in [-0.1, -0.05) is 55.0 Å². The van der Waals surface area contributed by atoms with Gasteiger partial charge >= 0.3 is 10.1 Å². The van der Waals surface area contributed by atoms with Crippen molar-refractivity contribution in [3.8, 4) is 5.75 Å². The molecule has 1 aliphatic rings. The summed E-state index contributed by atoms with van der Waals surface area (Å²) in [4.78, 5) is 12.4. The van der Waals surface area contributed by atoms with Gasteiger partial charge in [-0.15, -0.1) is 0 Å². The van der Waals surface area contributed by atoms with E-state index >= 15 is 0 Å². The van der Waals surface area contributed by atoms with Crippen molar-refractivity contribution >= 4 is 21.7 Å². The number of rotatable bonds is 5. The van der Waals surface area contributed by atoms with E-state index < -0.39 is 10.1 Å². The van der Waals surface area contributed by atoms with E-state index in [4.69, 9.17) is 4.18 Å². The van der Waals surface area contributed by atoms with Gasteiger partial charge in [0.2, 0.25) is 5.91 Å². The average Bonchev–Trinajstić information content (AvgIpc) is 3.05. The van der Waals surface area contributed by atoms with E-state index in [2.05, 4.69) is 5.43 Å². The Bertz CT molecular complexity index is 1140. The Morgan fingerprint density at radius 1 is 0.900 bits per heavy atom. The number of carbonyl (C=O) groups is 1. The van der Waals surface area contributed by atoms with E-state index in [0.717, 1.165) is 11.1 Å². The summed E-state index contributed by atoms with van der Waals surface area (Å²) in [5.74, 6) is -0.0709. The Morgan fingerprint density at radius 2 is 1.53 bits per heavy atom. The summed E-state index contributed by atoms with van der Waals surface area (Å²) in [5, 5.41) is 1.78. The van der Waals surface area contributed by atoms with Gasteiger partial charge in [-0.3, -0.25) is 15.2 Å². The lowest BCUT2D eigenvalue weighted by molar-refractivity contribution is -0.122. The molecular weight excluding hydrogens is 400 g/mol. The molecule has 1 heterocycles. The molecule has 1 saturated heterocycles. The molecule has 0 radical (unpaired) electrons. The number of benzene rings is 3. The molecular formula is C23H22N2O4S. The largest absolute Gasteiger partial charge is 0.379 e. The van der Waals surface area contributed by atoms with Gasteiger partial charge < -0.3 is 4.18 Å². The number of anilines is 1. The van der Waals surface area contributed by atoms with E-state index in [1.54, 1.807) is 41.4 Å². The van der Waals surface area contributed by atoms with Crippen LogP contribution in [0.4, 0.5) is 5.69 Å². The van der Waals surface area contributed by atoms with Crippen LogP contribution in [0.1, 0.15) is 24.1 Å². The molecule has 2 unspecified atom stereocenters. The minimum absolute atomic E-state index is 0.0432. The molecule has 0 aromatic heterocycles. The molecule has 1 amide bonds. The van der Waals surface area contributed by atoms with Crippen molar-refractivity contribution < 1.29 is 17.4 Å². The summed E-state index contributed by atoms with van der Waals surface area (Å²) >= 11 is 0. The normalized spacial score (nSPS) is 18.9. The summed E-state index contributed by atoms with van der Waals surface area (Å²) in [7, 11) is -3.96. The van der Waals surface area contributed by atoms with Crippen LogP contribution in [0.2, 0.25) is 0 Å². The number of aryl methyl sites for hydroxylation is 1. The van der Waals surface area contributed by atoms with Crippen LogP contribution in [0, 0.1) is 12.8 Å². The minimum Gasteiger partial charge on any atom is -0.379 e. The van der Waals surface area contributed by atoms with Crippen molar-refractivity contribution in [1.82, 2.24) is 5.43 Å². The highest BCUT2D eigenvalue weighted by atomic mass is 32.2. The molecule has 1 N–H and O–H groups in total. The van der Waals surface area contributed by atoms with Crippen molar-refractivity contribution in [3.63, 3.8) is 0 Å². The first-order valence-electron chi connectivity index (χ1n) is 9.61. The molecule has 2 atom stereocenters. The number of hydrogen-bond acceptors (Lipinski definition) is 5. The molecule has 0 bridgehead atoms. The zero-order valence-electron chi connectivity index (χ0n) is 16.6. The highest BCUT2D eigenvalue weighted by molar-refractivity contribution is 7.87. The lowest BCUT2D eigenvalue weighted by Gasteiger charge is -2.27. The molecule has 0 spiro atoms. The van der Waals surface area contributed by atoms with E-state index in [1.165, 1.54) is 12.1 Å². The average molecular weight is 423 g/mol. The van der Waals surface area contributed by atoms with E-state index in [1.807, 2.05) is 44.2 Å². The number of hydrogen-bond donors (Lipinski definition) is 1. The first kappa shape index (κ1) is 20.0. The maximum absolute atomic E-state index is 12.6. The van der Waals surface area contributed by atoms with Crippen LogP contribution < -0.4 is 14.6 Å². The van der Waals surface area contributed by atoms with E-state index in [-0.39, 0.29) is 28.5 Å². The molecule has 0 saturated carbocycles. The number of amides is 1. The third-order valence-corrected chi connectivity index (χ3v) is 6.43. The van der Waals surface area contributed by atoms with Gasteiger partial charge in [0.25, 0.3) is 0 Å². The molecule has 0 aliphatic carbocycles. The van der Waals surface area contributed by atoms with Gasteiger partial charge in [-0.2, -0.15) is 8.42 Å². The second-order valence-electron chi connectivity index (χ2n) is 7.33. The highest BCUT2D eigenvalue weighted by Crippen LogP contribution is 2.36. The van der Waals surface area contributed by atoms with Gasteiger partial charge in [0.05, 0.1) is 17.6 Å². The van der Waals surface area contributed by atoms with Crippen LogP contribution in [0.3, 0.4) is 0 Å². The first-order valence-corrected chi connectivity index (χ1v) is 11.0. The van der Waals surface area contributed by atoms with E-state index in [0.29, 0.717) is 5.69 Å². The molecule has 4 rings (SSSR count). The Balaban J connectivity index is 1.59. The monoisotopic (exact) mass is 422 g/mol. The van der Waals surface area contributed by atoms with Crippen molar-refractivity contribution in [2.24, 2.45) is 5.92 Å². The van der Waals surface area contributed by atoms with Crippen LogP contribution in [-0.2, 0) is 14.9 Å². The van der Waals surface area contributed by atoms with Crippen molar-refractivity contribution in [3.05, 3.63) is 90.0 Å². The Morgan fingerprint density at radius 3 is 2.17 bits per heavy atom. The molecule has 7 heteroatoms. The lowest BCUT2D eigenvalue weighted by atomic mass is 9.95. The zero-order valence-corrected chi connectivity index (χ0v) is 17.5. The number of carbonyl (C=O) groups excluding carboxylic acids is 1. The first-order chi connectivity index (χ1) is 14.3. The smallest absolute Gasteiger partial charge is 0.339 e. The molecule has 30 heavy (non-hydrogen) atoms. The fraction of sp³-hybridized carbons (Fsp3) is 0.174. The Labute approximate surface area is 176 Å². The van der Waals surface area contributed by atoms with Crippen LogP contribution in [0.5, 0.6) is 5.75 Å². The van der Waals surface area contributed by atoms with Gasteiger partial charge in [0.15, 0.2) is 0 Å². The predicted octanol–water partition coefficient (Wildman–Crippen LogP) is 3.99. The highest BCUT2D eigenvalue weighted by Gasteiger charge is 2.39. The van der Waals surface area contributed by atoms with Gasteiger partial charge in [0.1, 0.15) is 10.6 Å². The van der Waals surface area contributed by atoms with Crippen LogP contribution >= 0.6 is 0 Å². The number of nitrogens with one attached hydrogen (secondary N) is 1. The quantitative estimate of drug-likeness (QED) is 0.629. The van der Waals surface area contributed by atoms with Gasteiger partial charge in [-0.25, -0.2) is 0 Å². The topological polar surface area (TPSA) is 75.7 Å². The van der Waals surface area contributed by atoms with Crippen molar-refractivity contribution in [1.29, 1.82) is 0 Å². The third kappa shape index (κ3) is 3.89. The van der Waals surface area contributed by atoms with Gasteiger partial charge in [0, 0.05) is 0 Å². The van der Waals surface area contributed by atoms with Crippen molar-refractivity contribution in [2.75, 3.05) is 5.01 Å². The van der Waals surface area contributed by atoms with E-state index in [9.17, 15) is 13.2 Å². The number of hydrazine groups is 1. The van der Waals surface area contributed by atoms with Crippen LogP contribution in [-0.4, -0.2) is 14.3 Å². The zero-order chi connectivity index (χ0) is 21.3. The maximum Gasteiger partial charge on any atom is 0.339 e. The molecule has 154 valence electrons. The molecule has 1 aliphatic heterocycles. The third-order valence-electron chi connectivity index (χ3n) is 5.17. The summed E-state index contributed by atoms with van der Waals surface area (Å²) in [6.45, 7) is 3.79. The summed E-state index contributed by atoms with van der Waals surface area (Å²) in [6.07, 6.45) is 0. The minimum atomic E-state index is -3.96. The van der Waals surface area contributed by atoms with Crippen LogP contribution in [0.25, 0.3) is 0 Å². The fourth-order valence-electron chi connectivity index (χ4n) is 3.51. The standard InChI is InChI=1S/C23H22N2O4S/c1-16-8-12-20(13-9-16)29-30(27,28)21-14-10-19(11-15-21)25-22(17(2)23(26)24-25)18-6-4-3-5-7-18/h3-15,17,22H,1-2H3,(H,24,26). The Kier molecular flexibility index (Phi) is 5.22. The number of nitrogens with zero attached hydrogens (tertiary/aromatic N) is 1. The molecule has 3 aromatic carbocycles. The second kappa shape index (κ2) is 7.84. The van der Waals surface area contributed by atoms with Crippen LogP contribution in [0.15, 0.2) is 83.8 Å². The second-order valence-corrected chi connectivity index (χ2v) is 8.88. The predicted molar refractivity (Wildman–Crippen MR) is 114 cm³/mol. The summed E-state index contributed by atoms with van der Waals surface area (Å²) in [6, 6.07) is 22.7. The summed E-state index contributed by atoms with van der Waals surface area (Å²) in [5.41, 5.74) is 5.59. The summed E-state index contributed by atoms with van der Waals surface area (Å²) < 4.78 is 30.4. The molecule has 6 nitrogen and oxygen atoms in total. The molecule has 3 aromatic rings. The Hall–Kier alpha value is -3.32. The molecule has 1 fully saturated rings. The lowest BCUT2D eigenvalue weighted by Crippen LogP contribution is -2.34. The SMILES string of the molecule is Cc1ccc(OS(=O)(=O)c2ccc(N3NC(=O)C(C)C3c3ccccc3)cc2)cc1.